The van der Waals surface area contributed by atoms with Crippen molar-refractivity contribution >= 4 is 39.2 Å². The number of aromatic nitrogens is 1. The monoisotopic (exact) mass is 452 g/mol. The average Bonchev–Trinajstić information content (AvgIpc) is 3.22. The molecule has 0 unspecified atom stereocenters. The molecule has 0 aliphatic rings. The first kappa shape index (κ1) is 21.5. The number of para-hydroxylation sites is 2. The molecule has 0 aliphatic carbocycles. The van der Waals surface area contributed by atoms with Crippen LogP contribution in [0, 0.1) is 0 Å². The Hall–Kier alpha value is -3.78. The molecule has 162 valence electrons. The summed E-state index contributed by atoms with van der Waals surface area (Å²) in [7, 11) is 1.35. The SMILES string of the molecule is COc1cc(/C=C/C(=O)Nc2ccccc2-c2nc3ccccc3s2)ccc1OC(F)F. The van der Waals surface area contributed by atoms with Crippen molar-refractivity contribution in [3.8, 4) is 22.1 Å². The van der Waals surface area contributed by atoms with Gasteiger partial charge in [-0.1, -0.05) is 30.3 Å². The van der Waals surface area contributed by atoms with Gasteiger partial charge in [-0.2, -0.15) is 8.78 Å². The third kappa shape index (κ3) is 4.92. The van der Waals surface area contributed by atoms with E-state index >= 15 is 0 Å². The molecule has 0 atom stereocenters. The van der Waals surface area contributed by atoms with Gasteiger partial charge in [0.2, 0.25) is 5.91 Å². The lowest BCUT2D eigenvalue weighted by Gasteiger charge is -2.10. The number of fused-ring (bicyclic) bond motifs is 1. The quantitative estimate of drug-likeness (QED) is 0.338. The van der Waals surface area contributed by atoms with Crippen LogP contribution < -0.4 is 14.8 Å². The van der Waals surface area contributed by atoms with E-state index < -0.39 is 6.61 Å². The Bertz CT molecular complexity index is 1250. The number of halogens is 2. The molecule has 1 aromatic heterocycles. The van der Waals surface area contributed by atoms with Crippen LogP contribution in [0.3, 0.4) is 0 Å². The van der Waals surface area contributed by atoms with Crippen molar-refractivity contribution in [2.75, 3.05) is 12.4 Å². The Balaban J connectivity index is 1.52. The van der Waals surface area contributed by atoms with E-state index in [1.165, 1.54) is 25.3 Å². The molecule has 0 spiro atoms. The number of anilines is 1. The molecule has 0 saturated carbocycles. The summed E-state index contributed by atoms with van der Waals surface area (Å²) < 4.78 is 35.5. The van der Waals surface area contributed by atoms with Gasteiger partial charge in [-0.05, 0) is 48.0 Å². The van der Waals surface area contributed by atoms with Crippen molar-refractivity contribution in [2.24, 2.45) is 0 Å². The fourth-order valence-electron chi connectivity index (χ4n) is 3.09. The van der Waals surface area contributed by atoms with Gasteiger partial charge < -0.3 is 14.8 Å². The van der Waals surface area contributed by atoms with Crippen LogP contribution in [-0.2, 0) is 4.79 Å². The predicted octanol–water partition coefficient (Wildman–Crippen LogP) is 6.23. The second-order valence-corrected chi connectivity index (χ2v) is 7.67. The van der Waals surface area contributed by atoms with Gasteiger partial charge in [-0.25, -0.2) is 4.98 Å². The molecule has 0 saturated heterocycles. The predicted molar refractivity (Wildman–Crippen MR) is 122 cm³/mol. The zero-order valence-corrected chi connectivity index (χ0v) is 17.7. The third-order valence-corrected chi connectivity index (χ3v) is 5.61. The number of carbonyl (C=O) groups excluding carboxylic acids is 1. The number of benzene rings is 3. The number of nitrogens with one attached hydrogen (secondary N) is 1. The van der Waals surface area contributed by atoms with Gasteiger partial charge in [0.1, 0.15) is 5.01 Å². The number of alkyl halides is 2. The zero-order chi connectivity index (χ0) is 22.5. The molecule has 1 N–H and O–H groups in total. The van der Waals surface area contributed by atoms with Crippen molar-refractivity contribution in [2.45, 2.75) is 6.61 Å². The van der Waals surface area contributed by atoms with E-state index in [1.54, 1.807) is 23.5 Å². The number of hydrogen-bond acceptors (Lipinski definition) is 5. The number of methoxy groups -OCH3 is 1. The first-order valence-corrected chi connectivity index (χ1v) is 10.4. The highest BCUT2D eigenvalue weighted by atomic mass is 32.1. The maximum absolute atomic E-state index is 12.5. The van der Waals surface area contributed by atoms with Gasteiger partial charge in [-0.3, -0.25) is 4.79 Å². The second kappa shape index (κ2) is 9.57. The van der Waals surface area contributed by atoms with Crippen LogP contribution in [0.2, 0.25) is 0 Å². The highest BCUT2D eigenvalue weighted by molar-refractivity contribution is 7.21. The van der Waals surface area contributed by atoms with Crippen LogP contribution in [0.25, 0.3) is 26.9 Å². The lowest BCUT2D eigenvalue weighted by Crippen LogP contribution is -2.08. The second-order valence-electron chi connectivity index (χ2n) is 6.64. The maximum atomic E-state index is 12.5. The van der Waals surface area contributed by atoms with Gasteiger partial charge >= 0.3 is 6.61 Å². The molecule has 1 amide bonds. The number of nitrogens with zero attached hydrogens (tertiary/aromatic N) is 1. The first-order chi connectivity index (χ1) is 15.5. The topological polar surface area (TPSA) is 60.5 Å². The Morgan fingerprint density at radius 3 is 2.62 bits per heavy atom. The van der Waals surface area contributed by atoms with Crippen LogP contribution >= 0.6 is 11.3 Å². The molecule has 0 bridgehead atoms. The molecule has 0 radical (unpaired) electrons. The summed E-state index contributed by atoms with van der Waals surface area (Å²) in [6.45, 7) is -2.95. The summed E-state index contributed by atoms with van der Waals surface area (Å²) in [4.78, 5) is 17.2. The van der Waals surface area contributed by atoms with Crippen molar-refractivity contribution in [1.29, 1.82) is 0 Å². The minimum Gasteiger partial charge on any atom is -0.493 e. The highest BCUT2D eigenvalue weighted by Crippen LogP contribution is 2.34. The van der Waals surface area contributed by atoms with Crippen molar-refractivity contribution in [3.63, 3.8) is 0 Å². The normalized spacial score (nSPS) is 11.2. The van der Waals surface area contributed by atoms with E-state index in [0.717, 1.165) is 20.8 Å². The van der Waals surface area contributed by atoms with E-state index in [9.17, 15) is 13.6 Å². The van der Waals surface area contributed by atoms with Crippen molar-refractivity contribution < 1.29 is 23.0 Å². The van der Waals surface area contributed by atoms with E-state index in [-0.39, 0.29) is 17.4 Å². The largest absolute Gasteiger partial charge is 0.493 e. The number of ether oxygens (including phenoxy) is 2. The number of hydrogen-bond donors (Lipinski definition) is 1. The standard InChI is InChI=1S/C24H18F2N2O3S/c1-30-20-14-15(10-12-19(20)31-24(25)26)11-13-22(29)27-17-7-3-2-6-16(17)23-28-18-8-4-5-9-21(18)32-23/h2-14,24H,1H3,(H,27,29)/b13-11+. The molecule has 4 aromatic rings. The van der Waals surface area contributed by atoms with Crippen molar-refractivity contribution in [3.05, 3.63) is 78.4 Å². The van der Waals surface area contributed by atoms with Crippen LogP contribution in [-0.4, -0.2) is 24.6 Å². The van der Waals surface area contributed by atoms with Gasteiger partial charge in [-0.15, -0.1) is 11.3 Å². The van der Waals surface area contributed by atoms with Crippen LogP contribution in [0.1, 0.15) is 5.56 Å². The van der Waals surface area contributed by atoms with Gasteiger partial charge in [0.05, 0.1) is 23.0 Å². The number of amides is 1. The number of thiazole rings is 1. The third-order valence-electron chi connectivity index (χ3n) is 4.54. The maximum Gasteiger partial charge on any atom is 0.387 e. The molecule has 5 nitrogen and oxygen atoms in total. The average molecular weight is 452 g/mol. The highest BCUT2D eigenvalue weighted by Gasteiger charge is 2.12. The summed E-state index contributed by atoms with van der Waals surface area (Å²) >= 11 is 1.55. The Labute approximate surface area is 186 Å². The van der Waals surface area contributed by atoms with E-state index in [1.807, 2.05) is 48.5 Å². The molecule has 1 heterocycles. The Morgan fingerprint density at radius 2 is 1.84 bits per heavy atom. The fraction of sp³-hybridized carbons (Fsp3) is 0.0833. The summed E-state index contributed by atoms with van der Waals surface area (Å²) in [5.74, 6) is -0.270. The molecule has 0 aliphatic heterocycles. The van der Waals surface area contributed by atoms with Crippen molar-refractivity contribution in [1.82, 2.24) is 4.98 Å². The molecular weight excluding hydrogens is 434 g/mol. The van der Waals surface area contributed by atoms with Gasteiger partial charge in [0.25, 0.3) is 0 Å². The summed E-state index contributed by atoms with van der Waals surface area (Å²) in [5.41, 5.74) is 2.96. The van der Waals surface area contributed by atoms with Gasteiger partial charge in [0.15, 0.2) is 11.5 Å². The summed E-state index contributed by atoms with van der Waals surface area (Å²) in [6, 6.07) is 19.7. The fourth-order valence-corrected chi connectivity index (χ4v) is 4.10. The molecule has 4 rings (SSSR count). The van der Waals surface area contributed by atoms with Crippen LogP contribution in [0.5, 0.6) is 11.5 Å². The Morgan fingerprint density at radius 1 is 1.06 bits per heavy atom. The number of rotatable bonds is 7. The lowest BCUT2D eigenvalue weighted by molar-refractivity contribution is -0.111. The minimum absolute atomic E-state index is 0.0751. The molecule has 8 heteroatoms. The molecule has 3 aromatic carbocycles. The van der Waals surface area contributed by atoms with E-state index in [2.05, 4.69) is 15.0 Å². The smallest absolute Gasteiger partial charge is 0.387 e. The molecule has 0 fully saturated rings. The summed E-state index contributed by atoms with van der Waals surface area (Å²) in [6.07, 6.45) is 2.92. The molecular formula is C24H18F2N2O3S. The Kier molecular flexibility index (Phi) is 6.42. The van der Waals surface area contributed by atoms with Crippen LogP contribution in [0.4, 0.5) is 14.5 Å². The van der Waals surface area contributed by atoms with Crippen LogP contribution in [0.15, 0.2) is 72.8 Å². The summed E-state index contributed by atoms with van der Waals surface area (Å²) in [5, 5.41) is 3.69. The number of carbonyl (C=O) groups is 1. The first-order valence-electron chi connectivity index (χ1n) is 9.60. The lowest BCUT2D eigenvalue weighted by atomic mass is 10.1. The zero-order valence-electron chi connectivity index (χ0n) is 16.9. The van der Waals surface area contributed by atoms with Gasteiger partial charge in [0, 0.05) is 11.6 Å². The van der Waals surface area contributed by atoms with E-state index in [4.69, 9.17) is 4.74 Å². The van der Waals surface area contributed by atoms with E-state index in [0.29, 0.717) is 11.3 Å². The molecule has 32 heavy (non-hydrogen) atoms. The minimum atomic E-state index is -2.95.